The number of carbonyl (C=O) groups is 3. The van der Waals surface area contributed by atoms with Crippen LogP contribution in [0.15, 0.2) is 22.7 Å². The predicted octanol–water partition coefficient (Wildman–Crippen LogP) is 0.0897. The number of carboxylic acid groups (broad SMARTS) is 1. The van der Waals surface area contributed by atoms with Crippen LogP contribution in [0.3, 0.4) is 0 Å². The van der Waals surface area contributed by atoms with Gasteiger partial charge in [0.25, 0.3) is 5.91 Å². The second-order valence-corrected chi connectivity index (χ2v) is 4.63. The van der Waals surface area contributed by atoms with Crippen LogP contribution in [0.2, 0.25) is 0 Å². The van der Waals surface area contributed by atoms with Crippen LogP contribution in [0.25, 0.3) is 0 Å². The van der Waals surface area contributed by atoms with Crippen molar-refractivity contribution >= 4 is 39.4 Å². The van der Waals surface area contributed by atoms with E-state index in [1.807, 2.05) is 0 Å². The van der Waals surface area contributed by atoms with Crippen LogP contribution >= 0.6 is 15.9 Å². The van der Waals surface area contributed by atoms with Gasteiger partial charge in [-0.05, 0) is 34.1 Å². The van der Waals surface area contributed by atoms with Gasteiger partial charge in [-0.3, -0.25) is 9.59 Å². The fourth-order valence-electron chi connectivity index (χ4n) is 1.35. The van der Waals surface area contributed by atoms with Crippen molar-refractivity contribution in [3.63, 3.8) is 0 Å². The SMILES string of the molecule is NC(=O)C[C@@H](NC(=O)c1cc(N)ccc1Br)C(=O)O. The highest BCUT2D eigenvalue weighted by Crippen LogP contribution is 2.19. The maximum Gasteiger partial charge on any atom is 0.326 e. The highest BCUT2D eigenvalue weighted by Gasteiger charge is 2.23. The summed E-state index contributed by atoms with van der Waals surface area (Å²) in [6.45, 7) is 0. The van der Waals surface area contributed by atoms with Gasteiger partial charge in [-0.15, -0.1) is 0 Å². The Kier molecular flexibility index (Phi) is 4.87. The van der Waals surface area contributed by atoms with Gasteiger partial charge in [-0.2, -0.15) is 0 Å². The number of amides is 2. The number of hydrogen-bond acceptors (Lipinski definition) is 4. The first kappa shape index (κ1) is 15.0. The molecule has 1 atom stereocenters. The maximum absolute atomic E-state index is 11.9. The van der Waals surface area contributed by atoms with Crippen LogP contribution in [0.5, 0.6) is 0 Å². The number of nitrogen functional groups attached to an aromatic ring is 1. The summed E-state index contributed by atoms with van der Waals surface area (Å²) in [7, 11) is 0. The number of carboxylic acids is 1. The molecule has 0 saturated carbocycles. The number of nitrogens with one attached hydrogen (secondary N) is 1. The molecule has 0 heterocycles. The Morgan fingerprint density at radius 3 is 2.53 bits per heavy atom. The summed E-state index contributed by atoms with van der Waals surface area (Å²) in [6.07, 6.45) is -0.485. The second kappa shape index (κ2) is 6.19. The van der Waals surface area contributed by atoms with Gasteiger partial charge < -0.3 is 21.9 Å². The molecule has 0 radical (unpaired) electrons. The van der Waals surface area contributed by atoms with Crippen LogP contribution in [-0.4, -0.2) is 28.9 Å². The number of benzene rings is 1. The number of hydrogen-bond donors (Lipinski definition) is 4. The molecule has 7 nitrogen and oxygen atoms in total. The standard InChI is InChI=1S/C11H12BrN3O4/c12-7-2-1-5(13)3-6(7)10(17)15-8(11(18)19)4-9(14)16/h1-3,8H,4,13H2,(H2,14,16)(H,15,17)(H,18,19)/t8-/m1/s1. The molecular formula is C11H12BrN3O4. The summed E-state index contributed by atoms with van der Waals surface area (Å²) in [5, 5.41) is 11.1. The van der Waals surface area contributed by atoms with Gasteiger partial charge in [0.2, 0.25) is 5.91 Å². The van der Waals surface area contributed by atoms with E-state index in [2.05, 4.69) is 21.2 Å². The van der Waals surface area contributed by atoms with Crippen molar-refractivity contribution in [3.05, 3.63) is 28.2 Å². The molecule has 0 unspecified atom stereocenters. The molecule has 0 fully saturated rings. The van der Waals surface area contributed by atoms with E-state index >= 15 is 0 Å². The summed E-state index contributed by atoms with van der Waals surface area (Å²) in [5.41, 5.74) is 11.0. The lowest BCUT2D eigenvalue weighted by Crippen LogP contribution is -2.43. The van der Waals surface area contributed by atoms with Crippen molar-refractivity contribution in [1.29, 1.82) is 0 Å². The molecule has 0 aliphatic rings. The molecule has 2 amide bonds. The van der Waals surface area contributed by atoms with Crippen LogP contribution in [-0.2, 0) is 9.59 Å². The number of halogens is 1. The van der Waals surface area contributed by atoms with Gasteiger partial charge in [0.05, 0.1) is 12.0 Å². The third-order valence-corrected chi connectivity index (χ3v) is 2.94. The lowest BCUT2D eigenvalue weighted by atomic mass is 10.1. The summed E-state index contributed by atoms with van der Waals surface area (Å²) < 4.78 is 0.461. The highest BCUT2D eigenvalue weighted by molar-refractivity contribution is 9.10. The van der Waals surface area contributed by atoms with Crippen molar-refractivity contribution in [3.8, 4) is 0 Å². The second-order valence-electron chi connectivity index (χ2n) is 3.77. The molecule has 0 saturated heterocycles. The normalized spacial score (nSPS) is 11.6. The molecule has 102 valence electrons. The van der Waals surface area contributed by atoms with E-state index in [0.29, 0.717) is 10.2 Å². The Balaban J connectivity index is 2.90. The van der Waals surface area contributed by atoms with Crippen LogP contribution in [0, 0.1) is 0 Å². The van der Waals surface area contributed by atoms with Crippen molar-refractivity contribution in [2.24, 2.45) is 5.73 Å². The first-order valence-corrected chi connectivity index (χ1v) is 5.97. The van der Waals surface area contributed by atoms with Gasteiger partial charge in [0.1, 0.15) is 6.04 Å². The van der Waals surface area contributed by atoms with Crippen molar-refractivity contribution in [2.75, 3.05) is 5.73 Å². The van der Waals surface area contributed by atoms with E-state index in [9.17, 15) is 14.4 Å². The summed E-state index contributed by atoms with van der Waals surface area (Å²) in [6, 6.07) is 3.16. The highest BCUT2D eigenvalue weighted by atomic mass is 79.9. The van der Waals surface area contributed by atoms with Gasteiger partial charge in [-0.1, -0.05) is 0 Å². The maximum atomic E-state index is 11.9. The Bertz CT molecular complexity index is 533. The zero-order valence-corrected chi connectivity index (χ0v) is 11.3. The number of primary amides is 1. The minimum atomic E-state index is -1.38. The Hall–Kier alpha value is -2.09. The third kappa shape index (κ3) is 4.25. The number of anilines is 1. The first-order chi connectivity index (χ1) is 8.81. The Labute approximate surface area is 117 Å². The van der Waals surface area contributed by atoms with Gasteiger partial charge >= 0.3 is 5.97 Å². The third-order valence-electron chi connectivity index (χ3n) is 2.24. The van der Waals surface area contributed by atoms with Crippen molar-refractivity contribution in [1.82, 2.24) is 5.32 Å². The average molecular weight is 330 g/mol. The zero-order chi connectivity index (χ0) is 14.6. The largest absolute Gasteiger partial charge is 0.480 e. The van der Waals surface area contributed by atoms with Gasteiger partial charge in [0.15, 0.2) is 0 Å². The Morgan fingerprint density at radius 2 is 2.00 bits per heavy atom. The van der Waals surface area contributed by atoms with Crippen LogP contribution in [0.4, 0.5) is 5.69 Å². The molecule has 0 aliphatic carbocycles. The van der Waals surface area contributed by atoms with E-state index in [0.717, 1.165) is 0 Å². The average Bonchev–Trinajstić information content (AvgIpc) is 2.30. The predicted molar refractivity (Wildman–Crippen MR) is 71.3 cm³/mol. The van der Waals surface area contributed by atoms with Crippen molar-refractivity contribution in [2.45, 2.75) is 12.5 Å². The number of nitrogens with two attached hydrogens (primary N) is 2. The fourth-order valence-corrected chi connectivity index (χ4v) is 1.78. The van der Waals surface area contributed by atoms with E-state index in [1.165, 1.54) is 6.07 Å². The van der Waals surface area contributed by atoms with E-state index in [-0.39, 0.29) is 5.56 Å². The quantitative estimate of drug-likeness (QED) is 0.567. The minimum absolute atomic E-state index is 0.177. The van der Waals surface area contributed by atoms with Crippen molar-refractivity contribution < 1.29 is 19.5 Å². The summed E-state index contributed by atoms with van der Waals surface area (Å²) >= 11 is 3.15. The Morgan fingerprint density at radius 1 is 1.37 bits per heavy atom. The van der Waals surface area contributed by atoms with Crippen LogP contribution < -0.4 is 16.8 Å². The van der Waals surface area contributed by atoms with E-state index in [1.54, 1.807) is 12.1 Å². The summed E-state index contributed by atoms with van der Waals surface area (Å²) in [4.78, 5) is 33.5. The molecule has 6 N–H and O–H groups in total. The molecule has 0 aliphatic heterocycles. The van der Waals surface area contributed by atoms with Gasteiger partial charge in [0, 0.05) is 10.2 Å². The molecule has 1 aromatic rings. The van der Waals surface area contributed by atoms with E-state index in [4.69, 9.17) is 16.6 Å². The van der Waals surface area contributed by atoms with Gasteiger partial charge in [-0.25, -0.2) is 4.79 Å². The van der Waals surface area contributed by atoms with E-state index < -0.39 is 30.2 Å². The monoisotopic (exact) mass is 329 g/mol. The molecule has 0 bridgehead atoms. The molecule has 1 aromatic carbocycles. The molecule has 0 aromatic heterocycles. The molecule has 1 rings (SSSR count). The lowest BCUT2D eigenvalue weighted by Gasteiger charge is -2.13. The van der Waals surface area contributed by atoms with Crippen LogP contribution in [0.1, 0.15) is 16.8 Å². The number of carbonyl (C=O) groups excluding carboxylic acids is 2. The first-order valence-electron chi connectivity index (χ1n) is 5.18. The summed E-state index contributed by atoms with van der Waals surface area (Å²) in [5.74, 6) is -2.82. The molecule has 0 spiro atoms. The zero-order valence-electron chi connectivity index (χ0n) is 9.72. The topological polar surface area (TPSA) is 136 Å². The fraction of sp³-hybridized carbons (Fsp3) is 0.182. The lowest BCUT2D eigenvalue weighted by molar-refractivity contribution is -0.140. The molecule has 19 heavy (non-hydrogen) atoms. The minimum Gasteiger partial charge on any atom is -0.480 e. The number of aliphatic carboxylic acids is 1. The number of rotatable bonds is 5. The molecular weight excluding hydrogens is 318 g/mol. The molecule has 8 heteroatoms. The smallest absolute Gasteiger partial charge is 0.326 e.